The lowest BCUT2D eigenvalue weighted by Crippen LogP contribution is -2.37. The van der Waals surface area contributed by atoms with E-state index in [9.17, 15) is 8.63 Å². The maximum atomic E-state index is 11.6. The van der Waals surface area contributed by atoms with Crippen molar-refractivity contribution in [2.75, 3.05) is 0 Å². The Morgan fingerprint density at radius 2 is 1.62 bits per heavy atom. The smallest absolute Gasteiger partial charge is 0.425 e. The normalized spacial score (nSPS) is 20.8. The highest BCUT2D eigenvalue weighted by atomic mass is 19.1. The van der Waals surface area contributed by atoms with Crippen LogP contribution in [0.5, 0.6) is 0 Å². The van der Waals surface area contributed by atoms with E-state index in [0.29, 0.717) is 7.69 Å². The van der Waals surface area contributed by atoms with Crippen LogP contribution in [0.3, 0.4) is 0 Å². The minimum atomic E-state index is -2.04. The van der Waals surface area contributed by atoms with Gasteiger partial charge in [0.25, 0.3) is 0 Å². The number of rotatable bonds is 0. The summed E-state index contributed by atoms with van der Waals surface area (Å²) in [6, 6.07) is 0. The Hall–Kier alpha value is -0.0652. The van der Waals surface area contributed by atoms with Gasteiger partial charge in [-0.1, -0.05) is 0 Å². The minimum Gasteiger partial charge on any atom is -0.425 e. The van der Waals surface area contributed by atoms with Gasteiger partial charge in [-0.25, -0.2) is 0 Å². The lowest BCUT2D eigenvalue weighted by Gasteiger charge is -2.12. The predicted molar refractivity (Wildman–Crippen MR) is 22.7 cm³/mol. The molecule has 0 amide bonds. The van der Waals surface area contributed by atoms with Crippen molar-refractivity contribution in [1.82, 2.24) is 0 Å². The molecule has 1 saturated heterocycles. The van der Waals surface area contributed by atoms with Crippen molar-refractivity contribution >= 4 is 22.5 Å². The first-order valence-electron chi connectivity index (χ1n) is 1.85. The Balaban J connectivity index is 2.23. The molecule has 0 atom stereocenters. The van der Waals surface area contributed by atoms with Gasteiger partial charge in [0.15, 0.2) is 0 Å². The van der Waals surface area contributed by atoms with Gasteiger partial charge in [-0.2, -0.15) is 0 Å². The topological polar surface area (TPSA) is 27.7 Å². The molecule has 0 aromatic heterocycles. The van der Waals surface area contributed by atoms with Crippen molar-refractivity contribution in [3.63, 3.8) is 0 Å². The summed E-state index contributed by atoms with van der Waals surface area (Å²) in [6.07, 6.45) is 0. The third-order valence-corrected chi connectivity index (χ3v) is 0.539. The third-order valence-electron chi connectivity index (χ3n) is 0.539. The van der Waals surface area contributed by atoms with E-state index in [2.05, 4.69) is 13.7 Å². The van der Waals surface area contributed by atoms with Crippen LogP contribution in [0.15, 0.2) is 0 Å². The van der Waals surface area contributed by atoms with E-state index in [1.807, 2.05) is 0 Å². The van der Waals surface area contributed by atoms with Gasteiger partial charge >= 0.3 is 22.5 Å². The summed E-state index contributed by atoms with van der Waals surface area (Å²) in [5.41, 5.74) is 0. The van der Waals surface area contributed by atoms with Crippen LogP contribution in [-0.2, 0) is 13.7 Å². The minimum absolute atomic E-state index is 0.554. The highest BCUT2D eigenvalue weighted by molar-refractivity contribution is 6.61. The van der Waals surface area contributed by atoms with Crippen molar-refractivity contribution in [2.24, 2.45) is 0 Å². The summed E-state index contributed by atoms with van der Waals surface area (Å²) in [5.74, 6) is 0. The van der Waals surface area contributed by atoms with Crippen molar-refractivity contribution in [3.05, 3.63) is 0 Å². The molecule has 0 aromatic rings. The molecule has 1 heterocycles. The van der Waals surface area contributed by atoms with Crippen LogP contribution in [0, 0.1) is 0 Å². The van der Waals surface area contributed by atoms with E-state index >= 15 is 0 Å². The van der Waals surface area contributed by atoms with E-state index in [1.165, 1.54) is 0 Å². The van der Waals surface area contributed by atoms with Gasteiger partial charge in [0.05, 0.1) is 0 Å². The second kappa shape index (κ2) is 2.47. The largest absolute Gasteiger partial charge is 0.653 e. The molecule has 1 fully saturated rings. The third kappa shape index (κ3) is 1.46. The van der Waals surface area contributed by atoms with Gasteiger partial charge in [-0.3, -0.25) is 8.63 Å². The first-order chi connectivity index (χ1) is 3.79. The van der Waals surface area contributed by atoms with Crippen molar-refractivity contribution < 1.29 is 22.3 Å². The number of hydrogen-bond donors (Lipinski definition) is 0. The molecule has 8 heavy (non-hydrogen) atoms. The molecule has 0 bridgehead atoms. The Bertz CT molecular complexity index is 70.9. The molecule has 0 aromatic carbocycles. The Labute approximate surface area is 46.0 Å². The Morgan fingerprint density at radius 1 is 1.12 bits per heavy atom. The molecule has 1 rings (SSSR count). The van der Waals surface area contributed by atoms with Gasteiger partial charge in [0.2, 0.25) is 0 Å². The molecule has 1 radical (unpaired) electrons. The van der Waals surface area contributed by atoms with Gasteiger partial charge in [-0.15, -0.1) is 0 Å². The Morgan fingerprint density at radius 3 is 1.88 bits per heavy atom. The zero-order chi connectivity index (χ0) is 5.98. The number of hydrogen-bond acceptors (Lipinski definition) is 3. The van der Waals surface area contributed by atoms with Crippen LogP contribution < -0.4 is 0 Å². The summed E-state index contributed by atoms with van der Waals surface area (Å²) in [5, 5.41) is 0. The fourth-order valence-electron chi connectivity index (χ4n) is 0.268. The first kappa shape index (κ1) is 6.06. The van der Waals surface area contributed by atoms with E-state index < -0.39 is 14.8 Å². The van der Waals surface area contributed by atoms with Crippen molar-refractivity contribution in [3.8, 4) is 0 Å². The number of halogens is 2. The van der Waals surface area contributed by atoms with Gasteiger partial charge in [0, 0.05) is 0 Å². The second-order valence-corrected chi connectivity index (χ2v) is 1.05. The van der Waals surface area contributed by atoms with Gasteiger partial charge < -0.3 is 13.7 Å². The molecule has 0 spiro atoms. The fraction of sp³-hybridized carbons (Fsp3) is 0. The molecular formula is B3F2O3. The van der Waals surface area contributed by atoms with E-state index in [1.54, 1.807) is 0 Å². The zero-order valence-electron chi connectivity index (χ0n) is 3.71. The van der Waals surface area contributed by atoms with Crippen LogP contribution in [0.4, 0.5) is 8.63 Å². The summed E-state index contributed by atoms with van der Waals surface area (Å²) in [6.45, 7) is 0. The van der Waals surface area contributed by atoms with Crippen LogP contribution in [0.25, 0.3) is 0 Å². The highest BCUT2D eigenvalue weighted by Gasteiger charge is 2.35. The van der Waals surface area contributed by atoms with Crippen LogP contribution in [0.1, 0.15) is 0 Å². The summed E-state index contributed by atoms with van der Waals surface area (Å²) in [7, 11) is -3.53. The second-order valence-electron chi connectivity index (χ2n) is 1.05. The standard InChI is InChI=1S/B3F2O3/c4-2-6-1-7-3(5)8-2. The molecule has 0 N–H and O–H groups in total. The molecule has 1 aliphatic heterocycles. The predicted octanol–water partition coefficient (Wildman–Crippen LogP) is -0.507. The van der Waals surface area contributed by atoms with Crippen LogP contribution >= 0.6 is 0 Å². The summed E-state index contributed by atoms with van der Waals surface area (Å²) >= 11 is 0. The maximum Gasteiger partial charge on any atom is 0.653 e. The highest BCUT2D eigenvalue weighted by Crippen LogP contribution is 2.02. The maximum absolute atomic E-state index is 11.6. The van der Waals surface area contributed by atoms with E-state index in [-0.39, 0.29) is 0 Å². The molecule has 0 aliphatic carbocycles. The fourth-order valence-corrected chi connectivity index (χ4v) is 0.268. The molecule has 8 heteroatoms. The van der Waals surface area contributed by atoms with Gasteiger partial charge in [0.1, 0.15) is 0 Å². The van der Waals surface area contributed by atoms with Crippen molar-refractivity contribution in [2.45, 2.75) is 0 Å². The lowest BCUT2D eigenvalue weighted by atomic mass is 10.1. The average Bonchev–Trinajstić information content (AvgIpc) is 1.64. The SMILES string of the molecule is FB1O[B]OB(F)O1. The quantitative estimate of drug-likeness (QED) is 0.401. The molecule has 0 saturated carbocycles. The van der Waals surface area contributed by atoms with Crippen molar-refractivity contribution in [1.29, 1.82) is 0 Å². The van der Waals surface area contributed by atoms with E-state index in [0.717, 1.165) is 0 Å². The zero-order valence-corrected chi connectivity index (χ0v) is 3.71. The molecule has 3 nitrogen and oxygen atoms in total. The first-order valence-corrected chi connectivity index (χ1v) is 1.85. The van der Waals surface area contributed by atoms with E-state index in [4.69, 9.17) is 0 Å². The molecule has 41 valence electrons. The Kier molecular flexibility index (Phi) is 1.87. The molecular weight excluding hydrogens is 118 g/mol. The monoisotopic (exact) mass is 119 g/mol. The van der Waals surface area contributed by atoms with Crippen LogP contribution in [0.2, 0.25) is 0 Å². The van der Waals surface area contributed by atoms with Crippen LogP contribution in [-0.4, -0.2) is 22.5 Å². The van der Waals surface area contributed by atoms with Gasteiger partial charge in [-0.05, 0) is 0 Å². The summed E-state index contributed by atoms with van der Waals surface area (Å²) in [4.78, 5) is 0. The molecule has 0 unspecified atom stereocenters. The molecule has 1 aliphatic rings. The average molecular weight is 118 g/mol. The lowest BCUT2D eigenvalue weighted by molar-refractivity contribution is 0.234. The summed E-state index contributed by atoms with van der Waals surface area (Å²) < 4.78 is 34.7.